The highest BCUT2D eigenvalue weighted by Gasteiger charge is 2.19. The number of hydrogen-bond acceptors (Lipinski definition) is 6. The third kappa shape index (κ3) is 2.87. The fraction of sp³-hybridized carbons (Fsp3) is 0.692. The van der Waals surface area contributed by atoms with Gasteiger partial charge in [0.2, 0.25) is 0 Å². The fourth-order valence-electron chi connectivity index (χ4n) is 2.64. The molecule has 1 aliphatic heterocycles. The highest BCUT2D eigenvalue weighted by molar-refractivity contribution is 5.44. The smallest absolute Gasteiger partial charge is 0.200 e. The van der Waals surface area contributed by atoms with Crippen LogP contribution in [-0.2, 0) is 0 Å². The fourth-order valence-corrected chi connectivity index (χ4v) is 2.64. The van der Waals surface area contributed by atoms with Crippen LogP contribution in [-0.4, -0.2) is 50.9 Å². The zero-order chi connectivity index (χ0) is 13.8. The van der Waals surface area contributed by atoms with Crippen LogP contribution in [0.2, 0.25) is 0 Å². The van der Waals surface area contributed by atoms with Gasteiger partial charge in [-0.3, -0.25) is 0 Å². The van der Waals surface area contributed by atoms with Gasteiger partial charge in [0.15, 0.2) is 11.5 Å². The molecule has 20 heavy (non-hydrogen) atoms. The molecule has 0 bridgehead atoms. The summed E-state index contributed by atoms with van der Waals surface area (Å²) >= 11 is 0. The van der Waals surface area contributed by atoms with E-state index in [4.69, 9.17) is 0 Å². The Labute approximate surface area is 118 Å². The van der Waals surface area contributed by atoms with E-state index in [0.717, 1.165) is 25.5 Å². The maximum Gasteiger partial charge on any atom is 0.200 e. The molecule has 1 unspecified atom stereocenters. The Balaban J connectivity index is 1.78. The zero-order valence-corrected chi connectivity index (χ0v) is 11.9. The molecule has 2 aromatic rings. The quantitative estimate of drug-likeness (QED) is 0.844. The van der Waals surface area contributed by atoms with Gasteiger partial charge in [0.05, 0.1) is 0 Å². The molecule has 7 nitrogen and oxygen atoms in total. The number of anilines is 1. The van der Waals surface area contributed by atoms with Crippen molar-refractivity contribution >= 4 is 11.5 Å². The molecule has 0 saturated carbocycles. The van der Waals surface area contributed by atoms with Gasteiger partial charge in [0.1, 0.15) is 0 Å². The van der Waals surface area contributed by atoms with Crippen LogP contribution in [0.5, 0.6) is 0 Å². The minimum atomic E-state index is 0.568. The molecule has 1 N–H and O–H groups in total. The number of tetrazole rings is 1. The van der Waals surface area contributed by atoms with Crippen molar-refractivity contribution < 1.29 is 0 Å². The number of hydrogen-bond donors (Lipinski definition) is 1. The van der Waals surface area contributed by atoms with Gasteiger partial charge in [-0.1, -0.05) is 13.3 Å². The lowest BCUT2D eigenvalue weighted by Gasteiger charge is -2.26. The topological polar surface area (TPSA) is 71.2 Å². The van der Waals surface area contributed by atoms with Gasteiger partial charge in [0, 0.05) is 19.1 Å². The SMILES string of the molecule is CCCCN(CC1CCCN1)c1ccc2nnnn2n1. The van der Waals surface area contributed by atoms with E-state index in [2.05, 4.69) is 37.8 Å². The molecule has 0 spiro atoms. The van der Waals surface area contributed by atoms with Gasteiger partial charge in [0.25, 0.3) is 0 Å². The van der Waals surface area contributed by atoms with Gasteiger partial charge in [-0.2, -0.15) is 0 Å². The molecule has 7 heteroatoms. The Hall–Kier alpha value is -1.76. The van der Waals surface area contributed by atoms with Crippen molar-refractivity contribution in [3.05, 3.63) is 12.1 Å². The Morgan fingerprint density at radius 2 is 2.40 bits per heavy atom. The lowest BCUT2D eigenvalue weighted by Crippen LogP contribution is -2.38. The number of nitrogens with zero attached hydrogens (tertiary/aromatic N) is 6. The van der Waals surface area contributed by atoms with Crippen molar-refractivity contribution in [2.24, 2.45) is 0 Å². The summed E-state index contributed by atoms with van der Waals surface area (Å²) in [7, 11) is 0. The Bertz CT molecular complexity index is 546. The summed E-state index contributed by atoms with van der Waals surface area (Å²) in [6.07, 6.45) is 4.87. The van der Waals surface area contributed by atoms with E-state index in [9.17, 15) is 0 Å². The van der Waals surface area contributed by atoms with Crippen LogP contribution in [0.25, 0.3) is 5.65 Å². The zero-order valence-electron chi connectivity index (χ0n) is 11.9. The molecule has 0 amide bonds. The predicted molar refractivity (Wildman–Crippen MR) is 76.7 cm³/mol. The highest BCUT2D eigenvalue weighted by Crippen LogP contribution is 2.15. The molecule has 3 rings (SSSR count). The summed E-state index contributed by atoms with van der Waals surface area (Å²) in [5, 5.41) is 19.5. The van der Waals surface area contributed by atoms with Crippen LogP contribution in [0.4, 0.5) is 5.82 Å². The third-order valence-corrected chi connectivity index (χ3v) is 3.76. The summed E-state index contributed by atoms with van der Waals surface area (Å²) in [6, 6.07) is 4.50. The highest BCUT2D eigenvalue weighted by atomic mass is 15.6. The van der Waals surface area contributed by atoms with E-state index < -0.39 is 0 Å². The second kappa shape index (κ2) is 6.13. The number of fused-ring (bicyclic) bond motifs is 1. The second-order valence-electron chi connectivity index (χ2n) is 5.31. The maximum absolute atomic E-state index is 4.51. The summed E-state index contributed by atoms with van der Waals surface area (Å²) in [6.45, 7) is 5.37. The normalized spacial score (nSPS) is 18.8. The molecule has 108 valence electrons. The van der Waals surface area contributed by atoms with Gasteiger partial charge < -0.3 is 10.2 Å². The first-order chi connectivity index (χ1) is 9.86. The minimum Gasteiger partial charge on any atom is -0.354 e. The Morgan fingerprint density at radius 1 is 1.45 bits per heavy atom. The molecule has 3 heterocycles. The van der Waals surface area contributed by atoms with Crippen LogP contribution in [0.15, 0.2) is 12.1 Å². The number of unbranched alkanes of at least 4 members (excludes halogenated alkanes) is 1. The standard InChI is InChI=1S/C13H21N7/c1-2-3-9-19(10-11-5-4-8-14-11)13-7-6-12-15-17-18-20(12)16-13/h6-7,11,14H,2-5,8-10H2,1H3. The number of aromatic nitrogens is 5. The van der Waals surface area contributed by atoms with Crippen LogP contribution in [0.1, 0.15) is 32.6 Å². The van der Waals surface area contributed by atoms with Crippen molar-refractivity contribution in [2.75, 3.05) is 24.5 Å². The Kier molecular flexibility index (Phi) is 4.05. The summed E-state index contributed by atoms with van der Waals surface area (Å²) < 4.78 is 1.50. The summed E-state index contributed by atoms with van der Waals surface area (Å²) in [5.74, 6) is 0.951. The predicted octanol–water partition coefficient (Wildman–Crippen LogP) is 0.878. The van der Waals surface area contributed by atoms with Crippen molar-refractivity contribution in [1.82, 2.24) is 30.6 Å². The first kappa shape index (κ1) is 13.2. The van der Waals surface area contributed by atoms with E-state index >= 15 is 0 Å². The molecular weight excluding hydrogens is 254 g/mol. The molecule has 1 saturated heterocycles. The van der Waals surface area contributed by atoms with Crippen molar-refractivity contribution in [3.8, 4) is 0 Å². The van der Waals surface area contributed by atoms with Crippen molar-refractivity contribution in [3.63, 3.8) is 0 Å². The number of nitrogens with one attached hydrogen (secondary N) is 1. The van der Waals surface area contributed by atoms with Crippen molar-refractivity contribution in [2.45, 2.75) is 38.6 Å². The first-order valence-electron chi connectivity index (χ1n) is 7.40. The van der Waals surface area contributed by atoms with E-state index in [1.54, 1.807) is 0 Å². The molecule has 2 aromatic heterocycles. The molecule has 1 fully saturated rings. The third-order valence-electron chi connectivity index (χ3n) is 3.76. The van der Waals surface area contributed by atoms with Gasteiger partial charge in [-0.05, 0) is 48.4 Å². The molecule has 0 radical (unpaired) electrons. The van der Waals surface area contributed by atoms with Gasteiger partial charge in [-0.25, -0.2) is 0 Å². The Morgan fingerprint density at radius 3 is 3.20 bits per heavy atom. The van der Waals surface area contributed by atoms with Gasteiger partial charge >= 0.3 is 0 Å². The van der Waals surface area contributed by atoms with E-state index in [1.807, 2.05) is 12.1 Å². The second-order valence-corrected chi connectivity index (χ2v) is 5.31. The molecular formula is C13H21N7. The molecule has 0 aromatic carbocycles. The van der Waals surface area contributed by atoms with Crippen LogP contribution >= 0.6 is 0 Å². The van der Waals surface area contributed by atoms with Crippen LogP contribution < -0.4 is 10.2 Å². The molecule has 1 aliphatic rings. The average molecular weight is 275 g/mol. The molecule has 1 atom stereocenters. The summed E-state index contributed by atoms with van der Waals surface area (Å²) in [4.78, 5) is 2.34. The largest absolute Gasteiger partial charge is 0.354 e. The van der Waals surface area contributed by atoms with Crippen molar-refractivity contribution in [1.29, 1.82) is 0 Å². The maximum atomic E-state index is 4.51. The number of rotatable bonds is 6. The minimum absolute atomic E-state index is 0.568. The van der Waals surface area contributed by atoms with Crippen LogP contribution in [0, 0.1) is 0 Å². The van der Waals surface area contributed by atoms with E-state index in [-0.39, 0.29) is 0 Å². The van der Waals surface area contributed by atoms with E-state index in [0.29, 0.717) is 11.7 Å². The van der Waals surface area contributed by atoms with Gasteiger partial charge in [-0.15, -0.1) is 14.8 Å². The monoisotopic (exact) mass is 275 g/mol. The lowest BCUT2D eigenvalue weighted by atomic mass is 10.2. The average Bonchev–Trinajstić information content (AvgIpc) is 3.13. The lowest BCUT2D eigenvalue weighted by molar-refractivity contribution is 0.564. The summed E-state index contributed by atoms with van der Waals surface area (Å²) in [5.41, 5.74) is 0.684. The molecule has 0 aliphatic carbocycles. The van der Waals surface area contributed by atoms with Crippen LogP contribution in [0.3, 0.4) is 0 Å². The van der Waals surface area contributed by atoms with E-state index in [1.165, 1.54) is 30.3 Å². The first-order valence-corrected chi connectivity index (χ1v) is 7.40.